The van der Waals surface area contributed by atoms with Gasteiger partial charge in [-0.05, 0) is 45.6 Å². The molecule has 134 valence electrons. The summed E-state index contributed by atoms with van der Waals surface area (Å²) >= 11 is 0. The fourth-order valence-electron chi connectivity index (χ4n) is 4.97. The summed E-state index contributed by atoms with van der Waals surface area (Å²) in [6.45, 7) is 0. The van der Waals surface area contributed by atoms with Crippen molar-refractivity contribution in [3.05, 3.63) is 0 Å². The topological polar surface area (TPSA) is 27.3 Å². The summed E-state index contributed by atoms with van der Waals surface area (Å²) < 4.78 is 0. The number of rotatable bonds is 6. The van der Waals surface area contributed by atoms with Crippen molar-refractivity contribution in [2.75, 3.05) is 7.05 Å². The Labute approximate surface area is 144 Å². The zero-order chi connectivity index (χ0) is 15.9. The van der Waals surface area contributed by atoms with Gasteiger partial charge in [0, 0.05) is 18.1 Å². The maximum Gasteiger partial charge on any atom is 0.114 e. The molecule has 3 heteroatoms. The smallest absolute Gasteiger partial charge is 0.114 e. The van der Waals surface area contributed by atoms with E-state index in [2.05, 4.69) is 22.6 Å². The van der Waals surface area contributed by atoms with E-state index in [9.17, 15) is 0 Å². The molecule has 3 aliphatic carbocycles. The molecule has 3 nitrogen and oxygen atoms in total. The van der Waals surface area contributed by atoms with Crippen LogP contribution in [0.5, 0.6) is 0 Å². The summed E-state index contributed by atoms with van der Waals surface area (Å²) in [6.07, 6.45) is 21.5. The molecule has 0 bridgehead atoms. The molecule has 23 heavy (non-hydrogen) atoms. The van der Waals surface area contributed by atoms with E-state index in [1.54, 1.807) is 0 Å². The Morgan fingerprint density at radius 3 is 1.43 bits per heavy atom. The first-order chi connectivity index (χ1) is 11.3. The van der Waals surface area contributed by atoms with Crippen LogP contribution in [0.25, 0.3) is 0 Å². The summed E-state index contributed by atoms with van der Waals surface area (Å²) in [7, 11) is 2.37. The predicted molar refractivity (Wildman–Crippen MR) is 98.4 cm³/mol. The molecule has 0 aromatic rings. The zero-order valence-corrected chi connectivity index (χ0v) is 15.4. The number of nitrogens with one attached hydrogen (secondary N) is 2. The molecular formula is C20H39N3. The Kier molecular flexibility index (Phi) is 7.22. The molecule has 0 saturated heterocycles. The van der Waals surface area contributed by atoms with Gasteiger partial charge in [0.2, 0.25) is 0 Å². The van der Waals surface area contributed by atoms with Gasteiger partial charge in [0.1, 0.15) is 6.29 Å². The first-order valence-electron chi connectivity index (χ1n) is 10.6. The highest BCUT2D eigenvalue weighted by molar-refractivity contribution is 4.84. The molecule has 0 radical (unpaired) electrons. The average molecular weight is 322 g/mol. The Hall–Kier alpha value is -0.120. The van der Waals surface area contributed by atoms with Crippen LogP contribution >= 0.6 is 0 Å². The highest BCUT2D eigenvalue weighted by atomic mass is 15.4. The summed E-state index contributed by atoms with van der Waals surface area (Å²) in [6, 6.07) is 2.24. The van der Waals surface area contributed by atoms with E-state index >= 15 is 0 Å². The number of hydrogen-bond acceptors (Lipinski definition) is 3. The number of nitrogens with zero attached hydrogens (tertiary/aromatic N) is 1. The summed E-state index contributed by atoms with van der Waals surface area (Å²) in [5.41, 5.74) is 0. The summed E-state index contributed by atoms with van der Waals surface area (Å²) in [5.74, 6) is 0. The molecular weight excluding hydrogens is 282 g/mol. The second-order valence-corrected chi connectivity index (χ2v) is 8.36. The summed E-state index contributed by atoms with van der Waals surface area (Å²) in [5, 5.41) is 8.03. The maximum absolute atomic E-state index is 4.02. The first-order valence-corrected chi connectivity index (χ1v) is 10.6. The van der Waals surface area contributed by atoms with Gasteiger partial charge in [-0.15, -0.1) is 0 Å². The lowest BCUT2D eigenvalue weighted by atomic mass is 9.93. The van der Waals surface area contributed by atoms with Gasteiger partial charge in [-0.1, -0.05) is 57.8 Å². The normalized spacial score (nSPS) is 26.2. The molecule has 3 rings (SSSR count). The molecule has 0 aromatic carbocycles. The second-order valence-electron chi connectivity index (χ2n) is 8.36. The molecule has 3 saturated carbocycles. The molecule has 0 heterocycles. The zero-order valence-electron chi connectivity index (χ0n) is 15.4. The van der Waals surface area contributed by atoms with Crippen LogP contribution in [0.1, 0.15) is 96.3 Å². The third-order valence-electron chi connectivity index (χ3n) is 6.56. The van der Waals surface area contributed by atoms with Gasteiger partial charge in [-0.3, -0.25) is 15.5 Å². The van der Waals surface area contributed by atoms with Gasteiger partial charge in [0.25, 0.3) is 0 Å². The number of hydrogen-bond donors (Lipinski definition) is 2. The quantitative estimate of drug-likeness (QED) is 0.711. The van der Waals surface area contributed by atoms with Crippen LogP contribution in [0.3, 0.4) is 0 Å². The monoisotopic (exact) mass is 321 g/mol. The van der Waals surface area contributed by atoms with Crippen LogP contribution in [0.4, 0.5) is 0 Å². The molecule has 0 unspecified atom stereocenters. The second kappa shape index (κ2) is 9.39. The van der Waals surface area contributed by atoms with E-state index in [0.717, 1.165) is 18.1 Å². The lowest BCUT2D eigenvalue weighted by Gasteiger charge is -2.42. The van der Waals surface area contributed by atoms with E-state index in [-0.39, 0.29) is 0 Å². The molecule has 3 aliphatic rings. The van der Waals surface area contributed by atoms with Crippen molar-refractivity contribution >= 4 is 0 Å². The van der Waals surface area contributed by atoms with E-state index in [1.165, 1.54) is 96.3 Å². The molecule has 3 fully saturated rings. The Morgan fingerprint density at radius 2 is 1.00 bits per heavy atom. The van der Waals surface area contributed by atoms with E-state index < -0.39 is 0 Å². The van der Waals surface area contributed by atoms with Crippen LogP contribution < -0.4 is 10.6 Å². The van der Waals surface area contributed by atoms with Gasteiger partial charge < -0.3 is 0 Å². The van der Waals surface area contributed by atoms with E-state index in [1.807, 2.05) is 0 Å². The highest BCUT2D eigenvalue weighted by Gasteiger charge is 2.28. The standard InChI is InChI=1S/C20H39N3/c1-23(19-15-9-4-10-16-19)20(21-17-11-5-2-6-12-17)22-18-13-7-3-8-14-18/h17-22H,2-16H2,1H3. The van der Waals surface area contributed by atoms with Gasteiger partial charge in [0.15, 0.2) is 0 Å². The van der Waals surface area contributed by atoms with Crippen LogP contribution in [-0.4, -0.2) is 36.4 Å². The van der Waals surface area contributed by atoms with Gasteiger partial charge in [-0.2, -0.15) is 0 Å². The van der Waals surface area contributed by atoms with Gasteiger partial charge in [0.05, 0.1) is 0 Å². The SMILES string of the molecule is CN(C1CCCCC1)C(NC1CCCCC1)NC1CCCCC1. The summed E-state index contributed by atoms with van der Waals surface area (Å²) in [4.78, 5) is 2.66. The third-order valence-corrected chi connectivity index (χ3v) is 6.56. The average Bonchev–Trinajstić information content (AvgIpc) is 2.63. The molecule has 0 aromatic heterocycles. The van der Waals surface area contributed by atoms with Gasteiger partial charge in [-0.25, -0.2) is 0 Å². The van der Waals surface area contributed by atoms with Crippen LogP contribution in [-0.2, 0) is 0 Å². The fourth-order valence-corrected chi connectivity index (χ4v) is 4.97. The van der Waals surface area contributed by atoms with E-state index in [0.29, 0.717) is 6.29 Å². The van der Waals surface area contributed by atoms with Crippen molar-refractivity contribution in [2.45, 2.75) is 121 Å². The van der Waals surface area contributed by atoms with Crippen LogP contribution in [0.15, 0.2) is 0 Å². The minimum Gasteiger partial charge on any atom is -0.287 e. The predicted octanol–water partition coefficient (Wildman–Crippen LogP) is 4.38. The lowest BCUT2D eigenvalue weighted by molar-refractivity contribution is 0.0657. The Morgan fingerprint density at radius 1 is 0.609 bits per heavy atom. The minimum absolute atomic E-state index is 0.393. The Balaban J connectivity index is 1.58. The highest BCUT2D eigenvalue weighted by Crippen LogP contribution is 2.25. The molecule has 2 N–H and O–H groups in total. The maximum atomic E-state index is 4.02. The van der Waals surface area contributed by atoms with Crippen molar-refractivity contribution in [3.8, 4) is 0 Å². The molecule has 0 atom stereocenters. The third kappa shape index (κ3) is 5.44. The van der Waals surface area contributed by atoms with Crippen molar-refractivity contribution in [1.29, 1.82) is 0 Å². The van der Waals surface area contributed by atoms with Crippen molar-refractivity contribution < 1.29 is 0 Å². The van der Waals surface area contributed by atoms with Crippen molar-refractivity contribution in [3.63, 3.8) is 0 Å². The van der Waals surface area contributed by atoms with Gasteiger partial charge >= 0.3 is 0 Å². The Bertz CT molecular complexity index is 295. The largest absolute Gasteiger partial charge is 0.287 e. The van der Waals surface area contributed by atoms with Crippen LogP contribution in [0.2, 0.25) is 0 Å². The van der Waals surface area contributed by atoms with Crippen LogP contribution in [0, 0.1) is 0 Å². The van der Waals surface area contributed by atoms with Crippen molar-refractivity contribution in [2.24, 2.45) is 0 Å². The lowest BCUT2D eigenvalue weighted by Crippen LogP contribution is -2.61. The fraction of sp³-hybridized carbons (Fsp3) is 1.00. The molecule has 0 spiro atoms. The van der Waals surface area contributed by atoms with Crippen molar-refractivity contribution in [1.82, 2.24) is 15.5 Å². The minimum atomic E-state index is 0.393. The molecule has 0 aliphatic heterocycles. The van der Waals surface area contributed by atoms with E-state index in [4.69, 9.17) is 0 Å². The first kappa shape index (κ1) is 17.7. The molecule has 0 amide bonds.